The number of hydrogen-bond acceptors (Lipinski definition) is 8. The van der Waals surface area contributed by atoms with Gasteiger partial charge in [-0.2, -0.15) is 0 Å². The number of hydrogen-bond donors (Lipinski definition) is 2. The second-order valence-electron chi connectivity index (χ2n) is 7.21. The molecule has 0 unspecified atom stereocenters. The van der Waals surface area contributed by atoms with Crippen molar-refractivity contribution in [1.82, 2.24) is 20.7 Å². The van der Waals surface area contributed by atoms with Crippen molar-refractivity contribution in [3.8, 4) is 0 Å². The zero-order valence-corrected chi connectivity index (χ0v) is 21.6. The summed E-state index contributed by atoms with van der Waals surface area (Å²) in [5.74, 6) is -0.871. The maximum atomic E-state index is 12.6. The first kappa shape index (κ1) is 25.1. The minimum atomic E-state index is -0.412. The van der Waals surface area contributed by atoms with E-state index in [1.54, 1.807) is 12.2 Å². The summed E-state index contributed by atoms with van der Waals surface area (Å²) in [7, 11) is 0. The predicted octanol–water partition coefficient (Wildman–Crippen LogP) is 4.38. The summed E-state index contributed by atoms with van der Waals surface area (Å²) in [6, 6.07) is 17.5. The number of carbonyl (C=O) groups excluding carboxylic acids is 3. The second-order valence-corrected chi connectivity index (χ2v) is 11.1. The van der Waals surface area contributed by atoms with Crippen molar-refractivity contribution in [2.24, 2.45) is 0 Å². The fraction of sp³-hybridized carbons (Fsp3) is 0.125. The SMILES string of the molecule is O=C(CCN1C(=O)C(=CC=Cc2ccccc2)SC1=S)NNC(=O)CSc1nc2ccccc2s1. The number of allylic oxidation sites excluding steroid dienone is 2. The Morgan fingerprint density at radius 2 is 1.80 bits per heavy atom. The lowest BCUT2D eigenvalue weighted by Crippen LogP contribution is -2.44. The Hall–Kier alpha value is -2.99. The number of amides is 3. The van der Waals surface area contributed by atoms with Crippen LogP contribution in [-0.4, -0.2) is 44.2 Å². The maximum absolute atomic E-state index is 12.6. The fourth-order valence-corrected chi connectivity index (χ4v) is 6.14. The van der Waals surface area contributed by atoms with E-state index >= 15 is 0 Å². The molecule has 2 N–H and O–H groups in total. The lowest BCUT2D eigenvalue weighted by Gasteiger charge is -2.14. The number of benzene rings is 2. The van der Waals surface area contributed by atoms with Crippen molar-refractivity contribution in [2.45, 2.75) is 10.8 Å². The van der Waals surface area contributed by atoms with Crippen LogP contribution >= 0.6 is 47.1 Å². The van der Waals surface area contributed by atoms with Crippen molar-refractivity contribution in [3.63, 3.8) is 0 Å². The Morgan fingerprint density at radius 3 is 2.60 bits per heavy atom. The zero-order valence-electron chi connectivity index (χ0n) is 18.3. The zero-order chi connectivity index (χ0) is 24.6. The number of carbonyl (C=O) groups is 3. The van der Waals surface area contributed by atoms with E-state index in [0.717, 1.165) is 20.1 Å². The van der Waals surface area contributed by atoms with Crippen LogP contribution in [0.3, 0.4) is 0 Å². The number of nitrogens with zero attached hydrogens (tertiary/aromatic N) is 2. The highest BCUT2D eigenvalue weighted by Gasteiger charge is 2.31. The lowest BCUT2D eigenvalue weighted by atomic mass is 10.2. The van der Waals surface area contributed by atoms with Crippen LogP contribution in [0.2, 0.25) is 0 Å². The molecule has 1 aromatic heterocycles. The number of rotatable bonds is 8. The third-order valence-corrected chi connectivity index (χ3v) is 8.29. The molecule has 0 radical (unpaired) electrons. The van der Waals surface area contributed by atoms with Gasteiger partial charge in [-0.15, -0.1) is 11.3 Å². The van der Waals surface area contributed by atoms with Crippen LogP contribution in [0.1, 0.15) is 12.0 Å². The summed E-state index contributed by atoms with van der Waals surface area (Å²) >= 11 is 9.32. The number of aromatic nitrogens is 1. The summed E-state index contributed by atoms with van der Waals surface area (Å²) in [5, 5.41) is 0. The molecule has 2 heterocycles. The van der Waals surface area contributed by atoms with Gasteiger partial charge >= 0.3 is 0 Å². The minimum Gasteiger partial charge on any atom is -0.292 e. The average molecular weight is 541 g/mol. The van der Waals surface area contributed by atoms with Crippen LogP contribution < -0.4 is 10.9 Å². The van der Waals surface area contributed by atoms with Gasteiger partial charge in [-0.1, -0.05) is 90.4 Å². The number of thioether (sulfide) groups is 2. The summed E-state index contributed by atoms with van der Waals surface area (Å²) in [6.45, 7) is 0.132. The Bertz CT molecular complexity index is 1290. The van der Waals surface area contributed by atoms with Gasteiger partial charge in [-0.25, -0.2) is 4.98 Å². The maximum Gasteiger partial charge on any atom is 0.266 e. The minimum absolute atomic E-state index is 0.00483. The van der Waals surface area contributed by atoms with Gasteiger partial charge < -0.3 is 0 Å². The molecule has 0 aliphatic carbocycles. The van der Waals surface area contributed by atoms with Gasteiger partial charge in [0.2, 0.25) is 11.8 Å². The molecule has 11 heteroatoms. The van der Waals surface area contributed by atoms with E-state index in [-0.39, 0.29) is 30.5 Å². The van der Waals surface area contributed by atoms with E-state index in [1.807, 2.05) is 60.7 Å². The topological polar surface area (TPSA) is 91.4 Å². The third kappa shape index (κ3) is 7.01. The molecular weight excluding hydrogens is 521 g/mol. The van der Waals surface area contributed by atoms with Crippen LogP contribution in [0.25, 0.3) is 16.3 Å². The summed E-state index contributed by atoms with van der Waals surface area (Å²) < 4.78 is 2.24. The normalized spacial score (nSPS) is 14.9. The molecule has 3 amide bonds. The Morgan fingerprint density at radius 1 is 1.06 bits per heavy atom. The van der Waals surface area contributed by atoms with E-state index in [1.165, 1.54) is 39.8 Å². The van der Waals surface area contributed by atoms with Gasteiger partial charge in [0.1, 0.15) is 4.32 Å². The smallest absolute Gasteiger partial charge is 0.266 e. The highest BCUT2D eigenvalue weighted by atomic mass is 32.2. The lowest BCUT2D eigenvalue weighted by molar-refractivity contribution is -0.128. The summed E-state index contributed by atoms with van der Waals surface area (Å²) in [4.78, 5) is 43.2. The number of fused-ring (bicyclic) bond motifs is 1. The monoisotopic (exact) mass is 540 g/mol. The Kier molecular flexibility index (Phi) is 8.69. The van der Waals surface area contributed by atoms with Gasteiger partial charge in [-0.3, -0.25) is 30.1 Å². The number of para-hydroxylation sites is 1. The number of thiazole rings is 1. The van der Waals surface area contributed by atoms with Gasteiger partial charge in [-0.05, 0) is 23.8 Å². The van der Waals surface area contributed by atoms with Crippen LogP contribution in [-0.2, 0) is 14.4 Å². The van der Waals surface area contributed by atoms with E-state index < -0.39 is 5.91 Å². The van der Waals surface area contributed by atoms with E-state index in [9.17, 15) is 14.4 Å². The fourth-order valence-electron chi connectivity index (χ4n) is 3.01. The molecule has 0 spiro atoms. The molecule has 0 bridgehead atoms. The van der Waals surface area contributed by atoms with Gasteiger partial charge in [0.25, 0.3) is 5.91 Å². The van der Waals surface area contributed by atoms with Crippen molar-refractivity contribution < 1.29 is 14.4 Å². The molecule has 35 heavy (non-hydrogen) atoms. The Labute approximate surface area is 220 Å². The molecule has 1 aliphatic rings. The van der Waals surface area contributed by atoms with Gasteiger partial charge in [0.15, 0.2) is 4.34 Å². The molecular formula is C24H20N4O3S4. The Balaban J connectivity index is 1.19. The summed E-state index contributed by atoms with van der Waals surface area (Å²) in [6.07, 6.45) is 5.43. The van der Waals surface area contributed by atoms with Crippen molar-refractivity contribution in [2.75, 3.05) is 12.3 Å². The largest absolute Gasteiger partial charge is 0.292 e. The molecule has 1 aliphatic heterocycles. The molecule has 2 aromatic carbocycles. The van der Waals surface area contributed by atoms with Gasteiger partial charge in [0.05, 0.1) is 20.9 Å². The van der Waals surface area contributed by atoms with E-state index in [0.29, 0.717) is 9.23 Å². The summed E-state index contributed by atoms with van der Waals surface area (Å²) in [5.41, 5.74) is 6.69. The molecule has 7 nitrogen and oxygen atoms in total. The van der Waals surface area contributed by atoms with Crippen LogP contribution in [0.4, 0.5) is 0 Å². The number of thiocarbonyl (C=S) groups is 1. The highest BCUT2D eigenvalue weighted by Crippen LogP contribution is 2.31. The molecule has 1 fully saturated rings. The van der Waals surface area contributed by atoms with E-state index in [2.05, 4.69) is 15.8 Å². The van der Waals surface area contributed by atoms with Crippen molar-refractivity contribution in [1.29, 1.82) is 0 Å². The highest BCUT2D eigenvalue weighted by molar-refractivity contribution is 8.26. The predicted molar refractivity (Wildman–Crippen MR) is 147 cm³/mol. The van der Waals surface area contributed by atoms with Crippen molar-refractivity contribution in [3.05, 3.63) is 77.2 Å². The molecule has 0 saturated carbocycles. The molecule has 3 aromatic rings. The molecule has 178 valence electrons. The molecule has 4 rings (SSSR count). The van der Waals surface area contributed by atoms with Crippen LogP contribution in [0.15, 0.2) is 76.0 Å². The standard InChI is InChI=1S/C24H20N4O3S4/c29-20(26-27-21(30)15-33-23-25-17-10-4-5-11-18(17)34-23)13-14-28-22(31)19(35-24(28)32)12-6-9-16-7-2-1-3-8-16/h1-12H,13-15H2,(H,26,29)(H,27,30). The van der Waals surface area contributed by atoms with Crippen molar-refractivity contribution >= 4 is 85.4 Å². The first-order chi connectivity index (χ1) is 17.0. The molecule has 0 atom stereocenters. The van der Waals surface area contributed by atoms with Gasteiger partial charge in [0, 0.05) is 13.0 Å². The van der Waals surface area contributed by atoms with Crippen LogP contribution in [0, 0.1) is 0 Å². The van der Waals surface area contributed by atoms with Crippen LogP contribution in [0.5, 0.6) is 0 Å². The third-order valence-electron chi connectivity index (χ3n) is 4.71. The van der Waals surface area contributed by atoms with E-state index in [4.69, 9.17) is 12.2 Å². The second kappa shape index (κ2) is 12.1. The first-order valence-electron chi connectivity index (χ1n) is 10.5. The quantitative estimate of drug-likeness (QED) is 0.190. The number of hydrazine groups is 1. The number of nitrogens with one attached hydrogen (secondary N) is 2. The average Bonchev–Trinajstić information content (AvgIpc) is 3.40. The molecule has 1 saturated heterocycles. The first-order valence-corrected chi connectivity index (χ1v) is 13.6.